The highest BCUT2D eigenvalue weighted by Gasteiger charge is 2.56. The number of methoxy groups -OCH3 is 1. The molecule has 1 fully saturated rings. The Morgan fingerprint density at radius 1 is 1.53 bits per heavy atom. The molecule has 2 aromatic heterocycles. The van der Waals surface area contributed by atoms with E-state index in [1.54, 1.807) is 6.20 Å². The maximum absolute atomic E-state index is 12.0. The summed E-state index contributed by atoms with van der Waals surface area (Å²) in [5.41, 5.74) is 1.17. The fraction of sp³-hybridized carbons (Fsp3) is 0.500. The number of fused-ring (bicyclic) bond motifs is 1. The van der Waals surface area contributed by atoms with E-state index in [0.717, 1.165) is 42.8 Å². The molecule has 0 N–H and O–H groups in total. The number of rotatable bonds is 4. The Hall–Kier alpha value is -1.91. The lowest BCUT2D eigenvalue weighted by atomic mass is 10.1. The van der Waals surface area contributed by atoms with Gasteiger partial charge in [0.1, 0.15) is 16.8 Å². The molecule has 0 radical (unpaired) electrons. The molecule has 1 saturated carbocycles. The quantitative estimate of drug-likeness (QED) is 0.788. The number of hydrogen-bond donors (Lipinski definition) is 0. The van der Waals surface area contributed by atoms with Crippen molar-refractivity contribution in [3.8, 4) is 0 Å². The summed E-state index contributed by atoms with van der Waals surface area (Å²) in [7, 11) is 1.44. The van der Waals surface area contributed by atoms with Gasteiger partial charge in [-0.2, -0.15) is 0 Å². The minimum absolute atomic E-state index is 0.180. The van der Waals surface area contributed by atoms with Crippen molar-refractivity contribution in [2.24, 2.45) is 0 Å². The van der Waals surface area contributed by atoms with Crippen LogP contribution in [-0.2, 0) is 21.5 Å². The standard InChI is InChI=1S/C14H17N3O2/c1-3-9-17-11-10(5-4-8-15-11)16-12(17)14(6-7-14)13(18)19-2/h4-5,8H,3,6-7,9H2,1-2H3. The molecule has 5 nitrogen and oxygen atoms in total. The van der Waals surface area contributed by atoms with Crippen LogP contribution in [0.5, 0.6) is 0 Å². The molecule has 0 spiro atoms. The van der Waals surface area contributed by atoms with Crippen LogP contribution >= 0.6 is 0 Å². The Morgan fingerprint density at radius 3 is 2.95 bits per heavy atom. The van der Waals surface area contributed by atoms with Crippen molar-refractivity contribution in [3.63, 3.8) is 0 Å². The Kier molecular flexibility index (Phi) is 2.77. The third-order valence-corrected chi connectivity index (χ3v) is 3.71. The monoisotopic (exact) mass is 259 g/mol. The predicted octanol–water partition coefficient (Wildman–Crippen LogP) is 2.05. The van der Waals surface area contributed by atoms with Crippen LogP contribution in [-0.4, -0.2) is 27.6 Å². The van der Waals surface area contributed by atoms with Gasteiger partial charge in [0.2, 0.25) is 0 Å². The largest absolute Gasteiger partial charge is 0.468 e. The normalized spacial score (nSPS) is 16.5. The van der Waals surface area contributed by atoms with Gasteiger partial charge in [0, 0.05) is 12.7 Å². The van der Waals surface area contributed by atoms with Crippen molar-refractivity contribution >= 4 is 17.1 Å². The van der Waals surface area contributed by atoms with Gasteiger partial charge in [-0.15, -0.1) is 0 Å². The Morgan fingerprint density at radius 2 is 2.32 bits per heavy atom. The van der Waals surface area contributed by atoms with E-state index in [2.05, 4.69) is 21.5 Å². The Labute approximate surface area is 111 Å². The third-order valence-electron chi connectivity index (χ3n) is 3.71. The maximum atomic E-state index is 12.0. The second-order valence-corrected chi connectivity index (χ2v) is 5.01. The first-order valence-corrected chi connectivity index (χ1v) is 6.63. The molecule has 3 rings (SSSR count). The van der Waals surface area contributed by atoms with Crippen LogP contribution in [0.15, 0.2) is 18.3 Å². The smallest absolute Gasteiger partial charge is 0.319 e. The van der Waals surface area contributed by atoms with Gasteiger partial charge >= 0.3 is 5.97 Å². The number of aryl methyl sites for hydroxylation is 1. The summed E-state index contributed by atoms with van der Waals surface area (Å²) in [5, 5.41) is 0. The number of carbonyl (C=O) groups excluding carboxylic acids is 1. The first-order valence-electron chi connectivity index (χ1n) is 6.63. The zero-order valence-corrected chi connectivity index (χ0v) is 11.2. The lowest BCUT2D eigenvalue weighted by molar-refractivity contribution is -0.144. The van der Waals surface area contributed by atoms with E-state index in [-0.39, 0.29) is 5.97 Å². The van der Waals surface area contributed by atoms with Crippen LogP contribution in [0.2, 0.25) is 0 Å². The predicted molar refractivity (Wildman–Crippen MR) is 70.7 cm³/mol. The summed E-state index contributed by atoms with van der Waals surface area (Å²) in [6.45, 7) is 2.93. The van der Waals surface area contributed by atoms with E-state index >= 15 is 0 Å². The van der Waals surface area contributed by atoms with Gasteiger partial charge in [-0.1, -0.05) is 6.92 Å². The average Bonchev–Trinajstić information content (AvgIpc) is 3.17. The zero-order chi connectivity index (χ0) is 13.5. The summed E-state index contributed by atoms with van der Waals surface area (Å²) < 4.78 is 7.02. The second kappa shape index (κ2) is 4.33. The molecule has 2 heterocycles. The van der Waals surface area contributed by atoms with Crippen LogP contribution < -0.4 is 0 Å². The van der Waals surface area contributed by atoms with E-state index in [0.29, 0.717) is 0 Å². The number of carbonyl (C=O) groups is 1. The van der Waals surface area contributed by atoms with Crippen molar-refractivity contribution in [3.05, 3.63) is 24.2 Å². The van der Waals surface area contributed by atoms with Crippen LogP contribution in [0.3, 0.4) is 0 Å². The van der Waals surface area contributed by atoms with Gasteiger partial charge in [0.25, 0.3) is 0 Å². The van der Waals surface area contributed by atoms with E-state index in [4.69, 9.17) is 4.74 Å². The van der Waals surface area contributed by atoms with Crippen molar-refractivity contribution in [1.29, 1.82) is 0 Å². The highest BCUT2D eigenvalue weighted by atomic mass is 16.5. The van der Waals surface area contributed by atoms with Crippen LogP contribution in [0.4, 0.5) is 0 Å². The van der Waals surface area contributed by atoms with Gasteiger partial charge in [0.05, 0.1) is 7.11 Å². The average molecular weight is 259 g/mol. The highest BCUT2D eigenvalue weighted by molar-refractivity contribution is 5.87. The van der Waals surface area contributed by atoms with Crippen molar-refractivity contribution in [2.75, 3.05) is 7.11 Å². The molecule has 0 atom stereocenters. The summed E-state index contributed by atoms with van der Waals surface area (Å²) >= 11 is 0. The maximum Gasteiger partial charge on any atom is 0.319 e. The molecule has 1 aliphatic carbocycles. The number of imidazole rings is 1. The number of pyridine rings is 1. The molecular weight excluding hydrogens is 242 g/mol. The van der Waals surface area contributed by atoms with Gasteiger partial charge < -0.3 is 9.30 Å². The minimum atomic E-state index is -0.537. The van der Waals surface area contributed by atoms with Crippen LogP contribution in [0.1, 0.15) is 32.0 Å². The summed E-state index contributed by atoms with van der Waals surface area (Å²) in [6.07, 6.45) is 4.36. The summed E-state index contributed by atoms with van der Waals surface area (Å²) in [6, 6.07) is 3.80. The third kappa shape index (κ3) is 1.72. The molecule has 0 unspecified atom stereocenters. The highest BCUT2D eigenvalue weighted by Crippen LogP contribution is 2.49. The minimum Gasteiger partial charge on any atom is -0.468 e. The fourth-order valence-electron chi connectivity index (χ4n) is 2.60. The number of hydrogen-bond acceptors (Lipinski definition) is 4. The van der Waals surface area contributed by atoms with Crippen molar-refractivity contribution in [1.82, 2.24) is 14.5 Å². The van der Waals surface area contributed by atoms with Gasteiger partial charge in [-0.05, 0) is 31.4 Å². The fourth-order valence-corrected chi connectivity index (χ4v) is 2.60. The lowest BCUT2D eigenvalue weighted by Gasteiger charge is -2.14. The van der Waals surface area contributed by atoms with E-state index in [1.165, 1.54) is 7.11 Å². The van der Waals surface area contributed by atoms with E-state index < -0.39 is 5.41 Å². The first-order chi connectivity index (χ1) is 9.23. The van der Waals surface area contributed by atoms with Crippen molar-refractivity contribution in [2.45, 2.75) is 38.1 Å². The molecule has 2 aromatic rings. The van der Waals surface area contributed by atoms with Gasteiger partial charge in [-0.25, -0.2) is 9.97 Å². The number of esters is 1. The number of aromatic nitrogens is 3. The molecule has 0 bridgehead atoms. The molecule has 19 heavy (non-hydrogen) atoms. The lowest BCUT2D eigenvalue weighted by Crippen LogP contribution is -2.26. The molecule has 0 aliphatic heterocycles. The zero-order valence-electron chi connectivity index (χ0n) is 11.2. The van der Waals surface area contributed by atoms with Crippen LogP contribution in [0.25, 0.3) is 11.2 Å². The second-order valence-electron chi connectivity index (χ2n) is 5.01. The van der Waals surface area contributed by atoms with E-state index in [1.807, 2.05) is 12.1 Å². The first kappa shape index (κ1) is 12.1. The van der Waals surface area contributed by atoms with Crippen molar-refractivity contribution < 1.29 is 9.53 Å². The Bertz CT molecular complexity index is 629. The molecular formula is C14H17N3O2. The molecule has 0 aromatic carbocycles. The molecule has 1 aliphatic rings. The SMILES string of the molecule is CCCn1c(C2(C(=O)OC)CC2)nc2cccnc21. The molecule has 5 heteroatoms. The van der Waals surface area contributed by atoms with E-state index in [9.17, 15) is 4.79 Å². The Balaban J connectivity index is 2.18. The summed E-state index contributed by atoms with van der Waals surface area (Å²) in [4.78, 5) is 21.1. The number of ether oxygens (including phenoxy) is 1. The number of nitrogens with zero attached hydrogens (tertiary/aromatic N) is 3. The molecule has 0 saturated heterocycles. The molecule has 100 valence electrons. The van der Waals surface area contributed by atoms with Gasteiger partial charge in [0.15, 0.2) is 5.65 Å². The summed E-state index contributed by atoms with van der Waals surface area (Å²) in [5.74, 6) is 0.634. The molecule has 0 amide bonds. The van der Waals surface area contributed by atoms with Gasteiger partial charge in [-0.3, -0.25) is 4.79 Å². The topological polar surface area (TPSA) is 57.0 Å². The van der Waals surface area contributed by atoms with Crippen LogP contribution in [0, 0.1) is 0 Å².